The molecule has 0 spiro atoms. The number of aryl methyl sites for hydroxylation is 1. The molecule has 0 amide bonds. The van der Waals surface area contributed by atoms with E-state index in [0.717, 1.165) is 6.42 Å². The van der Waals surface area contributed by atoms with Crippen LogP contribution >= 0.6 is 0 Å². The highest BCUT2D eigenvalue weighted by atomic mass is 19.1. The van der Waals surface area contributed by atoms with Crippen LogP contribution in [0.25, 0.3) is 0 Å². The molecule has 0 aliphatic rings. The largest absolute Gasteiger partial charge is 0.497 e. The van der Waals surface area contributed by atoms with Crippen molar-refractivity contribution in [1.82, 2.24) is 0 Å². The van der Waals surface area contributed by atoms with E-state index >= 15 is 0 Å². The summed E-state index contributed by atoms with van der Waals surface area (Å²) in [7, 11) is 1.52. The Bertz CT molecular complexity index is 299. The first-order valence-electron chi connectivity index (χ1n) is 4.71. The maximum atomic E-state index is 13.4. The quantitative estimate of drug-likeness (QED) is 0.802. The zero-order valence-corrected chi connectivity index (χ0v) is 8.59. The van der Waals surface area contributed by atoms with E-state index in [9.17, 15) is 4.39 Å². The smallest absolute Gasteiger partial charge is 0.130 e. The van der Waals surface area contributed by atoms with Crippen LogP contribution in [0, 0.1) is 5.82 Å². The average molecular weight is 197 g/mol. The lowest BCUT2D eigenvalue weighted by Crippen LogP contribution is -2.15. The summed E-state index contributed by atoms with van der Waals surface area (Å²) in [6.07, 6.45) is 1.47. The Morgan fingerprint density at radius 1 is 1.50 bits per heavy atom. The zero-order valence-electron chi connectivity index (χ0n) is 8.59. The molecular weight excluding hydrogens is 181 g/mol. The summed E-state index contributed by atoms with van der Waals surface area (Å²) in [4.78, 5) is 0. The Kier molecular flexibility index (Phi) is 3.89. The molecule has 1 aromatic carbocycles. The normalized spacial score (nSPS) is 12.6. The number of hydrogen-bond acceptors (Lipinski definition) is 2. The topological polar surface area (TPSA) is 35.2 Å². The molecule has 0 unspecified atom stereocenters. The van der Waals surface area contributed by atoms with Crippen LogP contribution in [-0.2, 0) is 6.42 Å². The standard InChI is InChI=1S/C11H16FNO/c1-8(13)3-4-9-5-6-10(14-2)7-11(9)12/h5-8H,3-4,13H2,1-2H3/t8-/m1/s1. The summed E-state index contributed by atoms with van der Waals surface area (Å²) in [6, 6.07) is 5.02. The summed E-state index contributed by atoms with van der Waals surface area (Å²) in [5.74, 6) is 0.331. The van der Waals surface area contributed by atoms with E-state index in [1.807, 2.05) is 6.92 Å². The van der Waals surface area contributed by atoms with Crippen LogP contribution in [0.1, 0.15) is 18.9 Å². The van der Waals surface area contributed by atoms with Gasteiger partial charge in [-0.3, -0.25) is 0 Å². The SMILES string of the molecule is COc1ccc(CC[C@@H](C)N)c(F)c1. The predicted molar refractivity (Wildman–Crippen MR) is 54.9 cm³/mol. The van der Waals surface area contributed by atoms with E-state index in [0.29, 0.717) is 17.7 Å². The van der Waals surface area contributed by atoms with Gasteiger partial charge in [-0.1, -0.05) is 6.07 Å². The van der Waals surface area contributed by atoms with Crippen molar-refractivity contribution < 1.29 is 9.13 Å². The molecule has 0 aromatic heterocycles. The summed E-state index contributed by atoms with van der Waals surface area (Å²) in [5.41, 5.74) is 6.30. The first kappa shape index (κ1) is 11.0. The van der Waals surface area contributed by atoms with Gasteiger partial charge in [0.25, 0.3) is 0 Å². The van der Waals surface area contributed by atoms with Crippen molar-refractivity contribution in [3.8, 4) is 5.75 Å². The Balaban J connectivity index is 2.69. The molecule has 3 heteroatoms. The van der Waals surface area contributed by atoms with Gasteiger partial charge in [-0.15, -0.1) is 0 Å². The summed E-state index contributed by atoms with van der Waals surface area (Å²) < 4.78 is 18.3. The molecular formula is C11H16FNO. The van der Waals surface area contributed by atoms with Crippen LogP contribution in [0.5, 0.6) is 5.75 Å². The third-order valence-electron chi connectivity index (χ3n) is 2.13. The van der Waals surface area contributed by atoms with Crippen molar-refractivity contribution in [2.24, 2.45) is 5.73 Å². The lowest BCUT2D eigenvalue weighted by molar-refractivity contribution is 0.410. The number of methoxy groups -OCH3 is 1. The summed E-state index contributed by atoms with van der Waals surface area (Å²) >= 11 is 0. The van der Waals surface area contributed by atoms with Crippen LogP contribution in [0.4, 0.5) is 4.39 Å². The van der Waals surface area contributed by atoms with Crippen molar-refractivity contribution in [3.63, 3.8) is 0 Å². The van der Waals surface area contributed by atoms with Gasteiger partial charge < -0.3 is 10.5 Å². The average Bonchev–Trinajstić information content (AvgIpc) is 2.15. The highest BCUT2D eigenvalue weighted by molar-refractivity contribution is 5.28. The van der Waals surface area contributed by atoms with E-state index in [-0.39, 0.29) is 11.9 Å². The molecule has 0 heterocycles. The highest BCUT2D eigenvalue weighted by Crippen LogP contribution is 2.17. The Labute approximate surface area is 83.9 Å². The lowest BCUT2D eigenvalue weighted by atomic mass is 10.1. The highest BCUT2D eigenvalue weighted by Gasteiger charge is 2.04. The van der Waals surface area contributed by atoms with E-state index < -0.39 is 0 Å². The van der Waals surface area contributed by atoms with Gasteiger partial charge in [0.1, 0.15) is 11.6 Å². The van der Waals surface area contributed by atoms with Gasteiger partial charge >= 0.3 is 0 Å². The number of halogens is 1. The number of hydrogen-bond donors (Lipinski definition) is 1. The van der Waals surface area contributed by atoms with Gasteiger partial charge in [-0.25, -0.2) is 4.39 Å². The molecule has 0 aliphatic heterocycles. The van der Waals surface area contributed by atoms with E-state index in [1.165, 1.54) is 13.2 Å². The molecule has 0 saturated carbocycles. The number of rotatable bonds is 4. The van der Waals surface area contributed by atoms with Crippen LogP contribution < -0.4 is 10.5 Å². The fourth-order valence-corrected chi connectivity index (χ4v) is 1.24. The Morgan fingerprint density at radius 2 is 2.21 bits per heavy atom. The van der Waals surface area contributed by atoms with Gasteiger partial charge in [0.05, 0.1) is 7.11 Å². The maximum absolute atomic E-state index is 13.4. The second-order valence-electron chi connectivity index (χ2n) is 3.47. The van der Waals surface area contributed by atoms with E-state index in [4.69, 9.17) is 10.5 Å². The first-order valence-corrected chi connectivity index (χ1v) is 4.71. The molecule has 1 aromatic rings. The van der Waals surface area contributed by atoms with Crippen LogP contribution in [0.2, 0.25) is 0 Å². The van der Waals surface area contributed by atoms with Gasteiger partial charge in [0.15, 0.2) is 0 Å². The lowest BCUT2D eigenvalue weighted by Gasteiger charge is -2.07. The molecule has 1 atom stereocenters. The summed E-state index contributed by atoms with van der Waals surface area (Å²) in [6.45, 7) is 1.92. The molecule has 0 aliphatic carbocycles. The minimum absolute atomic E-state index is 0.108. The minimum Gasteiger partial charge on any atom is -0.497 e. The van der Waals surface area contributed by atoms with Crippen LogP contribution in [0.15, 0.2) is 18.2 Å². The number of ether oxygens (including phenoxy) is 1. The van der Waals surface area contributed by atoms with Crippen molar-refractivity contribution >= 4 is 0 Å². The van der Waals surface area contributed by atoms with Gasteiger partial charge in [-0.2, -0.15) is 0 Å². The third kappa shape index (κ3) is 3.00. The molecule has 78 valence electrons. The van der Waals surface area contributed by atoms with Crippen molar-refractivity contribution in [2.45, 2.75) is 25.8 Å². The first-order chi connectivity index (χ1) is 6.63. The maximum Gasteiger partial charge on any atom is 0.130 e. The fraction of sp³-hybridized carbons (Fsp3) is 0.455. The number of benzene rings is 1. The van der Waals surface area contributed by atoms with Crippen LogP contribution in [-0.4, -0.2) is 13.2 Å². The Hall–Kier alpha value is -1.09. The van der Waals surface area contributed by atoms with Gasteiger partial charge in [0, 0.05) is 12.1 Å². The molecule has 0 fully saturated rings. The summed E-state index contributed by atoms with van der Waals surface area (Å²) in [5, 5.41) is 0. The van der Waals surface area contributed by atoms with E-state index in [1.54, 1.807) is 12.1 Å². The zero-order chi connectivity index (χ0) is 10.6. The molecule has 2 N–H and O–H groups in total. The molecule has 1 rings (SSSR count). The van der Waals surface area contributed by atoms with Crippen LogP contribution in [0.3, 0.4) is 0 Å². The van der Waals surface area contributed by atoms with Gasteiger partial charge in [-0.05, 0) is 31.4 Å². The van der Waals surface area contributed by atoms with Gasteiger partial charge in [0.2, 0.25) is 0 Å². The van der Waals surface area contributed by atoms with E-state index in [2.05, 4.69) is 0 Å². The second kappa shape index (κ2) is 4.96. The van der Waals surface area contributed by atoms with Crippen molar-refractivity contribution in [1.29, 1.82) is 0 Å². The number of nitrogens with two attached hydrogens (primary N) is 1. The molecule has 0 saturated heterocycles. The Morgan fingerprint density at radius 3 is 2.71 bits per heavy atom. The molecule has 0 radical (unpaired) electrons. The second-order valence-corrected chi connectivity index (χ2v) is 3.47. The molecule has 0 bridgehead atoms. The van der Waals surface area contributed by atoms with Crippen molar-refractivity contribution in [3.05, 3.63) is 29.6 Å². The third-order valence-corrected chi connectivity index (χ3v) is 2.13. The van der Waals surface area contributed by atoms with Crippen molar-refractivity contribution in [2.75, 3.05) is 7.11 Å². The monoisotopic (exact) mass is 197 g/mol. The minimum atomic E-state index is -0.218. The molecule has 14 heavy (non-hydrogen) atoms. The fourth-order valence-electron chi connectivity index (χ4n) is 1.24. The molecule has 2 nitrogen and oxygen atoms in total. The predicted octanol–water partition coefficient (Wildman–Crippen LogP) is 2.11.